The lowest BCUT2D eigenvalue weighted by molar-refractivity contribution is 0.0591. The van der Waals surface area contributed by atoms with E-state index >= 15 is 0 Å². The second kappa shape index (κ2) is 10.4. The second-order valence-electron chi connectivity index (χ2n) is 9.74. The van der Waals surface area contributed by atoms with Crippen molar-refractivity contribution in [3.05, 3.63) is 66.1 Å². The first-order valence-corrected chi connectivity index (χ1v) is 14.4. The van der Waals surface area contributed by atoms with E-state index in [1.54, 1.807) is 0 Å². The van der Waals surface area contributed by atoms with Crippen LogP contribution < -0.4 is 10.6 Å². The van der Waals surface area contributed by atoms with Gasteiger partial charge in [0, 0.05) is 18.6 Å². The van der Waals surface area contributed by atoms with Crippen LogP contribution in [-0.4, -0.2) is 37.7 Å². The van der Waals surface area contributed by atoms with Crippen molar-refractivity contribution >= 4 is 14.3 Å². The number of aromatic nitrogens is 2. The van der Waals surface area contributed by atoms with Crippen LogP contribution in [0.3, 0.4) is 0 Å². The van der Waals surface area contributed by atoms with Gasteiger partial charge in [0.05, 0.1) is 7.11 Å². The average Bonchev–Trinajstić information content (AvgIpc) is 3.12. The molecule has 0 saturated carbocycles. The average molecular weight is 482 g/mol. The Balaban J connectivity index is 1.77. The number of carbonyl (C=O) groups excluding carboxylic acids is 1. The number of para-hydroxylation sites is 1. The molecule has 3 aromatic rings. The molecule has 34 heavy (non-hydrogen) atoms. The lowest BCUT2D eigenvalue weighted by atomic mass is 10.1. The molecule has 0 unspecified atom stereocenters. The van der Waals surface area contributed by atoms with Crippen molar-refractivity contribution in [3.8, 4) is 22.8 Å². The van der Waals surface area contributed by atoms with Crippen molar-refractivity contribution in [1.82, 2.24) is 9.66 Å². The molecule has 0 aliphatic heterocycles. The zero-order chi connectivity index (χ0) is 24.9. The summed E-state index contributed by atoms with van der Waals surface area (Å²) in [6.07, 6.45) is 1.34. The molecule has 1 aromatic heterocycles. The molecule has 2 N–H and O–H groups in total. The summed E-state index contributed by atoms with van der Waals surface area (Å²) in [5.41, 5.74) is 1.46. The van der Waals surface area contributed by atoms with Crippen molar-refractivity contribution in [3.63, 3.8) is 0 Å². The number of imidazole rings is 1. The molecule has 0 saturated heterocycles. The number of nitrogens with two attached hydrogens (primary N) is 1. The van der Waals surface area contributed by atoms with Crippen molar-refractivity contribution in [2.45, 2.75) is 51.7 Å². The summed E-state index contributed by atoms with van der Waals surface area (Å²) in [5, 5.41) is 0.154. The molecule has 0 spiro atoms. The fourth-order valence-electron chi connectivity index (χ4n) is 3.23. The molecule has 0 aliphatic carbocycles. The Hall–Kier alpha value is -3.10. The molecule has 1 heterocycles. The third kappa shape index (κ3) is 5.87. The molecule has 0 radical (unpaired) electrons. The molecular weight excluding hydrogens is 446 g/mol. The zero-order valence-corrected chi connectivity index (χ0v) is 21.9. The number of nitrogens with zero attached hydrogens (tertiary/aromatic N) is 2. The molecule has 182 valence electrons. The van der Waals surface area contributed by atoms with Gasteiger partial charge < -0.3 is 19.7 Å². The van der Waals surface area contributed by atoms with Gasteiger partial charge in [0.25, 0.3) is 0 Å². The minimum absolute atomic E-state index is 0.154. The predicted octanol–water partition coefficient (Wildman–Crippen LogP) is 5.80. The van der Waals surface area contributed by atoms with Gasteiger partial charge in [0.15, 0.2) is 14.0 Å². The standard InChI is InChI=1S/C26H35N3O4Si/c1-26(2,3)34(5,6)32-18-10-13-22-28-23(24(29(22)27)25(30)31-4)19-14-16-21(17-15-19)33-20-11-8-7-9-12-20/h7-9,11-12,14-17H,10,13,18,27H2,1-6H3. The molecular formula is C26H35N3O4Si. The minimum Gasteiger partial charge on any atom is -0.464 e. The number of methoxy groups -OCH3 is 1. The number of ether oxygens (including phenoxy) is 2. The van der Waals surface area contributed by atoms with E-state index in [4.69, 9.17) is 24.7 Å². The smallest absolute Gasteiger partial charge is 0.358 e. The second-order valence-corrected chi connectivity index (χ2v) is 14.5. The molecule has 0 fully saturated rings. The summed E-state index contributed by atoms with van der Waals surface area (Å²) >= 11 is 0. The molecule has 0 bridgehead atoms. The first kappa shape index (κ1) is 25.5. The van der Waals surface area contributed by atoms with E-state index in [0.717, 1.165) is 17.7 Å². The number of aryl methyl sites for hydroxylation is 1. The Morgan fingerprint density at radius 1 is 1.03 bits per heavy atom. The maximum absolute atomic E-state index is 12.5. The van der Waals surface area contributed by atoms with Gasteiger partial charge in [0.2, 0.25) is 0 Å². The highest BCUT2D eigenvalue weighted by Crippen LogP contribution is 2.36. The van der Waals surface area contributed by atoms with Gasteiger partial charge in [-0.3, -0.25) is 0 Å². The number of hydrogen-bond donors (Lipinski definition) is 1. The van der Waals surface area contributed by atoms with Crippen LogP contribution in [0.2, 0.25) is 18.1 Å². The first-order chi connectivity index (χ1) is 16.0. The third-order valence-corrected chi connectivity index (χ3v) is 10.8. The van der Waals surface area contributed by atoms with Gasteiger partial charge in [-0.25, -0.2) is 14.5 Å². The quantitative estimate of drug-likeness (QED) is 0.180. The van der Waals surface area contributed by atoms with Crippen LogP contribution in [0.1, 0.15) is 43.5 Å². The van der Waals surface area contributed by atoms with Gasteiger partial charge in [0.1, 0.15) is 23.0 Å². The fourth-order valence-corrected chi connectivity index (χ4v) is 4.32. The van der Waals surface area contributed by atoms with E-state index in [0.29, 0.717) is 30.3 Å². The van der Waals surface area contributed by atoms with Gasteiger partial charge in [-0.1, -0.05) is 39.0 Å². The van der Waals surface area contributed by atoms with Crippen molar-refractivity contribution < 1.29 is 18.7 Å². The van der Waals surface area contributed by atoms with Crippen LogP contribution in [0.15, 0.2) is 54.6 Å². The van der Waals surface area contributed by atoms with Crippen LogP contribution in [0.4, 0.5) is 0 Å². The van der Waals surface area contributed by atoms with Crippen molar-refractivity contribution in [1.29, 1.82) is 0 Å². The monoisotopic (exact) mass is 481 g/mol. The fraction of sp³-hybridized carbons (Fsp3) is 0.385. The van der Waals surface area contributed by atoms with Crippen LogP contribution >= 0.6 is 0 Å². The largest absolute Gasteiger partial charge is 0.464 e. The highest BCUT2D eigenvalue weighted by atomic mass is 28.4. The van der Waals surface area contributed by atoms with Crippen molar-refractivity contribution in [2.75, 3.05) is 19.6 Å². The Morgan fingerprint density at radius 3 is 2.24 bits per heavy atom. The van der Waals surface area contributed by atoms with E-state index < -0.39 is 14.3 Å². The molecule has 0 amide bonds. The van der Waals surface area contributed by atoms with Gasteiger partial charge in [-0.2, -0.15) is 0 Å². The first-order valence-electron chi connectivity index (χ1n) is 11.5. The SMILES string of the molecule is COC(=O)c1c(-c2ccc(Oc3ccccc3)cc2)nc(CCCO[Si](C)(C)C(C)(C)C)n1N. The maximum atomic E-state index is 12.5. The van der Waals surface area contributed by atoms with E-state index in [-0.39, 0.29) is 10.7 Å². The normalized spacial score (nSPS) is 11.9. The molecule has 0 atom stereocenters. The number of hydrogen-bond acceptors (Lipinski definition) is 6. The van der Waals surface area contributed by atoms with Crippen molar-refractivity contribution in [2.24, 2.45) is 0 Å². The number of rotatable bonds is 9. The molecule has 3 rings (SSSR count). The highest BCUT2D eigenvalue weighted by Gasteiger charge is 2.36. The Kier molecular flexibility index (Phi) is 7.84. The van der Waals surface area contributed by atoms with Gasteiger partial charge in [-0.15, -0.1) is 0 Å². The molecule has 2 aromatic carbocycles. The number of carbonyl (C=O) groups is 1. The topological polar surface area (TPSA) is 88.6 Å². The van der Waals surface area contributed by atoms with Gasteiger partial charge >= 0.3 is 5.97 Å². The molecule has 0 aliphatic rings. The van der Waals surface area contributed by atoms with E-state index in [9.17, 15) is 4.79 Å². The summed E-state index contributed by atoms with van der Waals surface area (Å²) in [5.74, 6) is 7.80. The van der Waals surface area contributed by atoms with Crippen LogP contribution in [0, 0.1) is 0 Å². The highest BCUT2D eigenvalue weighted by molar-refractivity contribution is 6.74. The number of esters is 1. The summed E-state index contributed by atoms with van der Waals surface area (Å²) in [4.78, 5) is 17.2. The van der Waals surface area contributed by atoms with Crippen LogP contribution in [0.25, 0.3) is 11.3 Å². The molecule has 8 heteroatoms. The minimum atomic E-state index is -1.82. The molecule has 7 nitrogen and oxygen atoms in total. The van der Waals surface area contributed by atoms with Crippen LogP contribution in [0.5, 0.6) is 11.5 Å². The number of benzene rings is 2. The predicted molar refractivity (Wildman–Crippen MR) is 137 cm³/mol. The Morgan fingerprint density at radius 2 is 1.65 bits per heavy atom. The maximum Gasteiger partial charge on any atom is 0.358 e. The summed E-state index contributed by atoms with van der Waals surface area (Å²) in [6, 6.07) is 16.9. The summed E-state index contributed by atoms with van der Waals surface area (Å²) < 4.78 is 18.4. The lowest BCUT2D eigenvalue weighted by Crippen LogP contribution is -2.41. The van der Waals surface area contributed by atoms with Crippen LogP contribution in [-0.2, 0) is 15.6 Å². The summed E-state index contributed by atoms with van der Waals surface area (Å²) in [7, 11) is -0.481. The number of nitrogen functional groups attached to an aromatic ring is 1. The van der Waals surface area contributed by atoms with E-state index in [1.807, 2.05) is 54.6 Å². The third-order valence-electron chi connectivity index (χ3n) is 6.28. The van der Waals surface area contributed by atoms with E-state index in [2.05, 4.69) is 33.9 Å². The lowest BCUT2D eigenvalue weighted by Gasteiger charge is -2.36. The summed E-state index contributed by atoms with van der Waals surface area (Å²) in [6.45, 7) is 11.7. The van der Waals surface area contributed by atoms with Gasteiger partial charge in [-0.05, 0) is 61.0 Å². The Bertz CT molecular complexity index is 1100. The Labute approximate surface area is 203 Å². The van der Waals surface area contributed by atoms with E-state index in [1.165, 1.54) is 11.8 Å². The zero-order valence-electron chi connectivity index (χ0n) is 20.9.